The summed E-state index contributed by atoms with van der Waals surface area (Å²) in [7, 11) is 2.21. The Morgan fingerprint density at radius 2 is 2.16 bits per heavy atom. The molecule has 0 N–H and O–H groups in total. The largest absolute Gasteiger partial charge is 0.305 e. The summed E-state index contributed by atoms with van der Waals surface area (Å²) in [5.41, 5.74) is 2.56. The summed E-state index contributed by atoms with van der Waals surface area (Å²) in [5, 5.41) is 1.15. The van der Waals surface area contributed by atoms with E-state index in [0.29, 0.717) is 0 Å². The molecule has 2 rings (SSSR count). The Kier molecular flexibility index (Phi) is 5.67. The molecule has 0 saturated carbocycles. The van der Waals surface area contributed by atoms with Gasteiger partial charge in [-0.05, 0) is 43.8 Å². The van der Waals surface area contributed by atoms with Crippen LogP contribution in [-0.4, -0.2) is 41.5 Å². The highest BCUT2D eigenvalue weighted by atomic mass is 32.2. The summed E-state index contributed by atoms with van der Waals surface area (Å²) in [6, 6.07) is 6.67. The number of aryl methyl sites for hydroxylation is 1. The smallest absolute Gasteiger partial charge is 0.0907 e. The lowest BCUT2D eigenvalue weighted by Crippen LogP contribution is -2.23. The van der Waals surface area contributed by atoms with Crippen LogP contribution in [0, 0.1) is 6.92 Å². The molecule has 0 radical (unpaired) electrons. The van der Waals surface area contributed by atoms with Crippen molar-refractivity contribution >= 4 is 33.3 Å². The van der Waals surface area contributed by atoms with Crippen molar-refractivity contribution in [3.8, 4) is 0 Å². The highest BCUT2D eigenvalue weighted by molar-refractivity contribution is 7.99. The summed E-state index contributed by atoms with van der Waals surface area (Å²) in [6.45, 7) is 6.61. The highest BCUT2D eigenvalue weighted by Crippen LogP contribution is 2.22. The first-order valence-corrected chi connectivity index (χ1v) is 8.78. The number of thioether (sulfide) groups is 1. The highest BCUT2D eigenvalue weighted by Gasteiger charge is 2.03. The van der Waals surface area contributed by atoms with E-state index in [2.05, 4.69) is 49.0 Å². The normalized spacial score (nSPS) is 11.6. The van der Waals surface area contributed by atoms with E-state index >= 15 is 0 Å². The van der Waals surface area contributed by atoms with E-state index in [1.165, 1.54) is 28.3 Å². The third-order valence-corrected chi connectivity index (χ3v) is 4.98. The van der Waals surface area contributed by atoms with E-state index in [0.717, 1.165) is 23.5 Å². The molecule has 0 spiro atoms. The molecule has 0 bridgehead atoms. The van der Waals surface area contributed by atoms with Gasteiger partial charge in [0.2, 0.25) is 0 Å². The lowest BCUT2D eigenvalue weighted by atomic mass is 10.1. The first-order chi connectivity index (χ1) is 9.19. The summed E-state index contributed by atoms with van der Waals surface area (Å²) in [6.07, 6.45) is 1.13. The maximum atomic E-state index is 4.50. The Morgan fingerprint density at radius 3 is 2.95 bits per heavy atom. The van der Waals surface area contributed by atoms with Crippen molar-refractivity contribution in [3.63, 3.8) is 0 Å². The number of hydrogen-bond donors (Lipinski definition) is 0. The molecular formula is C15H22N2S2. The topological polar surface area (TPSA) is 16.1 Å². The molecule has 0 aliphatic rings. The summed E-state index contributed by atoms with van der Waals surface area (Å²) < 4.78 is 1.32. The molecule has 0 amide bonds. The van der Waals surface area contributed by atoms with Crippen molar-refractivity contribution in [2.24, 2.45) is 0 Å². The van der Waals surface area contributed by atoms with Crippen LogP contribution in [0.15, 0.2) is 18.2 Å². The molecule has 2 aromatic rings. The molecule has 19 heavy (non-hydrogen) atoms. The molecule has 1 heterocycles. The molecule has 1 aromatic carbocycles. The lowest BCUT2D eigenvalue weighted by Gasteiger charge is -2.15. The Morgan fingerprint density at radius 1 is 1.32 bits per heavy atom. The van der Waals surface area contributed by atoms with E-state index < -0.39 is 0 Å². The Labute approximate surface area is 124 Å². The number of benzene rings is 1. The first kappa shape index (κ1) is 14.8. The van der Waals surface area contributed by atoms with Gasteiger partial charge in [-0.1, -0.05) is 13.0 Å². The van der Waals surface area contributed by atoms with Crippen LogP contribution in [0.4, 0.5) is 0 Å². The van der Waals surface area contributed by atoms with Crippen molar-refractivity contribution in [1.82, 2.24) is 9.88 Å². The van der Waals surface area contributed by atoms with Gasteiger partial charge in [-0.3, -0.25) is 0 Å². The van der Waals surface area contributed by atoms with Crippen LogP contribution in [0.5, 0.6) is 0 Å². The van der Waals surface area contributed by atoms with Crippen molar-refractivity contribution in [1.29, 1.82) is 0 Å². The van der Waals surface area contributed by atoms with Crippen molar-refractivity contribution in [2.75, 3.05) is 31.6 Å². The number of hydrogen-bond acceptors (Lipinski definition) is 4. The zero-order valence-electron chi connectivity index (χ0n) is 12.0. The third-order valence-electron chi connectivity index (χ3n) is 3.16. The number of likely N-dealkylation sites (N-methyl/N-ethyl adjacent to an activating group) is 1. The van der Waals surface area contributed by atoms with Crippen LogP contribution in [0.25, 0.3) is 10.2 Å². The molecule has 0 fully saturated rings. The van der Waals surface area contributed by atoms with E-state index in [-0.39, 0.29) is 0 Å². The molecular weight excluding hydrogens is 272 g/mol. The maximum absolute atomic E-state index is 4.50. The molecule has 0 aliphatic carbocycles. The summed E-state index contributed by atoms with van der Waals surface area (Å²) in [4.78, 5) is 6.93. The number of fused-ring (bicyclic) bond motifs is 1. The SMILES string of the molecule is CCSCCN(C)CCc1ccc2nc(C)sc2c1. The van der Waals surface area contributed by atoms with Gasteiger partial charge < -0.3 is 4.90 Å². The Balaban J connectivity index is 1.87. The molecule has 0 unspecified atom stereocenters. The lowest BCUT2D eigenvalue weighted by molar-refractivity contribution is 0.360. The number of rotatable bonds is 7. The van der Waals surface area contributed by atoms with Gasteiger partial charge in [0, 0.05) is 18.8 Å². The second-order valence-electron chi connectivity index (χ2n) is 4.79. The predicted molar refractivity (Wildman–Crippen MR) is 88.6 cm³/mol. The minimum atomic E-state index is 1.13. The Hall–Kier alpha value is -0.580. The van der Waals surface area contributed by atoms with Gasteiger partial charge >= 0.3 is 0 Å². The average molecular weight is 294 g/mol. The fraction of sp³-hybridized carbons (Fsp3) is 0.533. The second kappa shape index (κ2) is 7.27. The minimum Gasteiger partial charge on any atom is -0.305 e. The summed E-state index contributed by atoms with van der Waals surface area (Å²) in [5.74, 6) is 2.45. The van der Waals surface area contributed by atoms with Crippen LogP contribution in [0.3, 0.4) is 0 Å². The third kappa shape index (κ3) is 4.48. The maximum Gasteiger partial charge on any atom is 0.0907 e. The van der Waals surface area contributed by atoms with Crippen molar-refractivity contribution < 1.29 is 0 Å². The fourth-order valence-electron chi connectivity index (χ4n) is 2.04. The quantitative estimate of drug-likeness (QED) is 0.722. The molecule has 0 saturated heterocycles. The summed E-state index contributed by atoms with van der Waals surface area (Å²) >= 11 is 3.80. The molecule has 4 heteroatoms. The first-order valence-electron chi connectivity index (χ1n) is 6.81. The van der Waals surface area contributed by atoms with Gasteiger partial charge in [0.1, 0.15) is 0 Å². The number of aromatic nitrogens is 1. The number of thiazole rings is 1. The van der Waals surface area contributed by atoms with Gasteiger partial charge in [-0.15, -0.1) is 11.3 Å². The van der Waals surface area contributed by atoms with Crippen LogP contribution in [0.1, 0.15) is 17.5 Å². The van der Waals surface area contributed by atoms with Gasteiger partial charge in [-0.2, -0.15) is 11.8 Å². The van der Waals surface area contributed by atoms with Crippen LogP contribution in [0.2, 0.25) is 0 Å². The zero-order chi connectivity index (χ0) is 13.7. The number of nitrogens with zero attached hydrogens (tertiary/aromatic N) is 2. The Bertz CT molecular complexity index is 522. The fourth-order valence-corrected chi connectivity index (χ4v) is 3.66. The molecule has 104 valence electrons. The molecule has 0 aliphatic heterocycles. The molecule has 2 nitrogen and oxygen atoms in total. The van der Waals surface area contributed by atoms with Crippen molar-refractivity contribution in [3.05, 3.63) is 28.8 Å². The van der Waals surface area contributed by atoms with E-state index in [4.69, 9.17) is 0 Å². The van der Waals surface area contributed by atoms with Gasteiger partial charge in [0.15, 0.2) is 0 Å². The zero-order valence-corrected chi connectivity index (χ0v) is 13.6. The van der Waals surface area contributed by atoms with Gasteiger partial charge in [0.05, 0.1) is 15.2 Å². The molecule has 0 atom stereocenters. The van der Waals surface area contributed by atoms with Gasteiger partial charge in [0.25, 0.3) is 0 Å². The monoisotopic (exact) mass is 294 g/mol. The van der Waals surface area contributed by atoms with Gasteiger partial charge in [-0.25, -0.2) is 4.98 Å². The standard InChI is InChI=1S/C15H22N2S2/c1-4-18-10-9-17(3)8-7-13-5-6-14-15(11-13)19-12(2)16-14/h5-6,11H,4,7-10H2,1-3H3. The van der Waals surface area contributed by atoms with E-state index in [9.17, 15) is 0 Å². The average Bonchev–Trinajstić information content (AvgIpc) is 2.76. The second-order valence-corrected chi connectivity index (χ2v) is 7.41. The van der Waals surface area contributed by atoms with Crippen LogP contribution < -0.4 is 0 Å². The van der Waals surface area contributed by atoms with Crippen molar-refractivity contribution in [2.45, 2.75) is 20.3 Å². The predicted octanol–water partition coefficient (Wildman–Crippen LogP) is 3.83. The molecule has 1 aromatic heterocycles. The minimum absolute atomic E-state index is 1.13. The van der Waals surface area contributed by atoms with Crippen LogP contribution in [-0.2, 0) is 6.42 Å². The van der Waals surface area contributed by atoms with Crippen LogP contribution >= 0.6 is 23.1 Å². The van der Waals surface area contributed by atoms with E-state index in [1.807, 2.05) is 11.8 Å². The van der Waals surface area contributed by atoms with E-state index in [1.54, 1.807) is 11.3 Å².